The van der Waals surface area contributed by atoms with Crippen LogP contribution in [0.15, 0.2) is 27.1 Å². The van der Waals surface area contributed by atoms with Crippen LogP contribution in [0.2, 0.25) is 0 Å². The number of aliphatic hydroxyl groups is 2. The molecule has 4 atom stereocenters. The van der Waals surface area contributed by atoms with Crippen molar-refractivity contribution in [3.8, 4) is 368 Å². The fraction of sp³-hybridized carbons (Fsp3) is 0.322. The van der Waals surface area contributed by atoms with Gasteiger partial charge in [-0.2, -0.15) is 9.97 Å². The summed E-state index contributed by atoms with van der Waals surface area (Å²) in [6.07, 6.45) is 20.2. The molecule has 6 heterocycles. The number of unbranched alkanes of at least 4 members (excludes halogenated alkanes) is 7. The molecular weight excluding hydrogens is 1690 g/mol. The third-order valence-electron chi connectivity index (χ3n) is 18.4. The number of hydrogen-bond donors (Lipinski definition) is 4. The highest BCUT2D eigenvalue weighted by Crippen LogP contribution is 2.49. The van der Waals surface area contributed by atoms with Crippen LogP contribution in [0, 0.1) is 392 Å². The van der Waals surface area contributed by atoms with Crippen molar-refractivity contribution in [2.45, 2.75) is 201 Å². The Balaban J connectivity index is 0.000000368. The predicted molar refractivity (Wildman–Crippen MR) is 522 cm³/mol. The van der Waals surface area contributed by atoms with Gasteiger partial charge in [-0.05, 0) is 196 Å². The maximum Gasteiger partial charge on any atom is 0.263 e. The smallest absolute Gasteiger partial charge is 0.263 e. The van der Waals surface area contributed by atoms with Gasteiger partial charge in [-0.25, -0.2) is 18.4 Å². The highest BCUT2D eigenvalue weighted by molar-refractivity contribution is 7.91. The van der Waals surface area contributed by atoms with Crippen molar-refractivity contribution in [3.05, 3.63) is 55.4 Å². The number of aromatic nitrogens is 6. The molecule has 8 rings (SSSR count). The van der Waals surface area contributed by atoms with E-state index >= 15 is 0 Å². The van der Waals surface area contributed by atoms with Crippen LogP contribution in [0.25, 0.3) is 22.1 Å². The monoisotopic (exact) mass is 1770 g/mol. The molecule has 2 aliphatic carbocycles. The summed E-state index contributed by atoms with van der Waals surface area (Å²) in [4.78, 5) is 68.7. The number of nitrogens with one attached hydrogen (secondary N) is 1. The lowest BCUT2D eigenvalue weighted by atomic mass is 9.68. The van der Waals surface area contributed by atoms with Crippen molar-refractivity contribution < 1.29 is 37.7 Å². The summed E-state index contributed by atoms with van der Waals surface area (Å²) in [5.74, 6) is 152. The minimum Gasteiger partial charge on any atom is -0.389 e. The lowest BCUT2D eigenvalue weighted by molar-refractivity contribution is -0.0182. The predicted octanol–water partition coefficient (Wildman–Crippen LogP) is 7.64. The Morgan fingerprint density at radius 1 is 0.440 bits per heavy atom. The van der Waals surface area contributed by atoms with Gasteiger partial charge in [-0.3, -0.25) is 28.3 Å². The van der Waals surface area contributed by atoms with E-state index in [9.17, 15) is 32.7 Å². The molecule has 4 aromatic rings. The number of terminal acetylenes is 1. The summed E-state index contributed by atoms with van der Waals surface area (Å²) in [6, 6.07) is -0.373. The third-order valence-corrected chi connectivity index (χ3v) is 19.9. The van der Waals surface area contributed by atoms with Gasteiger partial charge in [-0.1, -0.05) is 85.5 Å². The van der Waals surface area contributed by atoms with Crippen molar-refractivity contribution in [1.29, 1.82) is 0 Å². The number of aliphatic hydroxyl groups excluding tert-OH is 2. The molecule has 0 radical (unpaired) electrons. The minimum absolute atomic E-state index is 0.00132. The average Bonchev–Trinajstić information content (AvgIpc) is 0.737. The van der Waals surface area contributed by atoms with Gasteiger partial charge in [0.2, 0.25) is 20.9 Å². The number of fused-ring (bicyclic) bond motifs is 2. The van der Waals surface area contributed by atoms with Crippen molar-refractivity contribution >= 4 is 49.4 Å². The lowest BCUT2D eigenvalue weighted by Crippen LogP contribution is -2.42. The van der Waals surface area contributed by atoms with Gasteiger partial charge in [0.15, 0.2) is 11.6 Å². The zero-order chi connectivity index (χ0) is 97.1. The molecule has 4 fully saturated rings. The third kappa shape index (κ3) is 41.5. The number of ketones is 2. The first-order chi connectivity index (χ1) is 64.9. The zero-order valence-corrected chi connectivity index (χ0v) is 76.3. The Hall–Kier alpha value is -18.2. The minimum atomic E-state index is -3.66. The van der Waals surface area contributed by atoms with E-state index in [2.05, 4.69) is 421 Å². The number of carbonyl (C=O) groups is 2. The fourth-order valence-corrected chi connectivity index (χ4v) is 13.6. The van der Waals surface area contributed by atoms with E-state index in [1.54, 1.807) is 36.1 Å². The first kappa shape index (κ1) is 106. The van der Waals surface area contributed by atoms with Crippen molar-refractivity contribution in [3.63, 3.8) is 0 Å². The average molecular weight is 1770 g/mol. The number of rotatable bonds is 16. The highest BCUT2D eigenvalue weighted by atomic mass is 32.2. The quantitative estimate of drug-likeness (QED) is 0.0364. The number of anilines is 1. The number of sulfone groups is 1. The van der Waals surface area contributed by atoms with Gasteiger partial charge in [0.05, 0.1) is 48.3 Å². The highest BCUT2D eigenvalue weighted by Gasteiger charge is 2.41. The number of nitrogens with zero attached hydrogens (tertiary/aromatic N) is 6. The van der Waals surface area contributed by atoms with Gasteiger partial charge in [-0.15, -0.1) is 6.42 Å². The van der Waals surface area contributed by atoms with Crippen molar-refractivity contribution in [2.24, 2.45) is 16.6 Å². The summed E-state index contributed by atoms with van der Waals surface area (Å²) >= 11 is 0. The standard InChI is InChI=1S/C63H4.C26H39N3O4S.C21H28N4O4.C5H11NO2/c1-3-5-7-9-11-13-15-17-19-21-23-25-27-29-31-33-35-37-39-41-43-45-47-49-51-53-55-57-59-61-63-62-60-58-56-54-52-50-48-46-44-42-40-38-36-34-32-30-28-26-24-22-20-18-16-14-12-10-8-6-4-2;1-6-7-8-9-10-11-12-13-14-34(32,33)25-27-17-21-18(2)22(19(3)30)24(31)29(23(21)28-25)20-15-26(4,5)16-20;1-11-14-9-22-20(23-15-5-6-29-10-16(15)27)24-18(14)25(13-7-21(3,4)8-13)19(28)17(11)12(2)26;6-4-1-2-8-3-5(4)7/h1H,2H3;17,20H,6-16H2,1-5H3;9,13,15-16,27H,5-8,10H2,1-4H3,(H,22,23,24);4-5,7H,1-3,6H2/t;;15-,16-;4-,5-/m..11/s1. The number of pyridine rings is 2. The van der Waals surface area contributed by atoms with Gasteiger partial charge in [0.25, 0.3) is 11.1 Å². The normalized spacial score (nSPS) is 13.6. The molecule has 5 N–H and O–H groups in total. The Morgan fingerprint density at radius 2 is 0.724 bits per heavy atom. The van der Waals surface area contributed by atoms with Gasteiger partial charge in [0.1, 0.15) is 11.3 Å². The molecule has 0 amide bonds. The molecule has 134 heavy (non-hydrogen) atoms. The van der Waals surface area contributed by atoms with Crippen LogP contribution in [0.5, 0.6) is 0 Å². The Bertz CT molecular complexity index is 7730. The number of nitrogens with two attached hydrogens (primary N) is 1. The van der Waals surface area contributed by atoms with Crippen LogP contribution < -0.4 is 22.2 Å². The molecule has 0 spiro atoms. The van der Waals surface area contributed by atoms with Crippen LogP contribution in [-0.4, -0.2) is 116 Å². The molecule has 648 valence electrons. The van der Waals surface area contributed by atoms with Crippen LogP contribution >= 0.6 is 0 Å². The molecule has 2 saturated carbocycles. The molecule has 0 unspecified atom stereocenters. The molecule has 4 aromatic heterocycles. The van der Waals surface area contributed by atoms with E-state index < -0.39 is 22.0 Å². The maximum atomic E-state index is 13.3. The van der Waals surface area contributed by atoms with Crippen molar-refractivity contribution in [2.75, 3.05) is 37.5 Å². The summed E-state index contributed by atoms with van der Waals surface area (Å²) in [6.45, 7) is 20.7. The molecule has 4 aliphatic rings. The molecule has 2 aliphatic heterocycles. The van der Waals surface area contributed by atoms with Gasteiger partial charge in [0, 0.05) is 315 Å². The van der Waals surface area contributed by atoms with E-state index in [0.29, 0.717) is 71.8 Å². The van der Waals surface area contributed by atoms with E-state index in [1.165, 1.54) is 45.7 Å². The number of aryl methyl sites for hydroxylation is 2. The van der Waals surface area contributed by atoms with Gasteiger partial charge >= 0.3 is 0 Å². The largest absolute Gasteiger partial charge is 0.389 e. The van der Waals surface area contributed by atoms with Gasteiger partial charge < -0.3 is 30.7 Å². The summed E-state index contributed by atoms with van der Waals surface area (Å²) < 4.78 is 39.4. The van der Waals surface area contributed by atoms with E-state index in [0.717, 1.165) is 51.4 Å². The number of Topliss-reactive ketones (excluding diaryl/α,β-unsaturated/α-hetero) is 2. The van der Waals surface area contributed by atoms with Crippen LogP contribution in [0.3, 0.4) is 0 Å². The SMILES string of the molecule is C#CC#CC#CC#CC#CC#CC#CC#CC#CC#CC#CC#CC#CC#CC#CC#CC#CC#CC#CC#CC#CC#CC#CC#CC#CC#CC#CC#CC#CC#CC#CC.CC(=O)c1c(C)c2cnc(N[C@@H]3CCOC[C@H]3O)nc2n(C2CC(C)(C)C2)c1=O.CCCCCCCCCCS(=O)(=O)c1ncc2c(C)c(C(C)=O)c(=O)n(C3CC(C)(C)C3)c2n1.N[C@@H]1CCOC[C@H]1O. The first-order valence-electron chi connectivity index (χ1n) is 41.4. The number of ether oxygens (including phenoxy) is 2. The molecule has 0 aromatic carbocycles. The molecule has 0 bridgehead atoms. The number of carbonyl (C=O) groups excluding carboxylic acids is 2. The van der Waals surface area contributed by atoms with E-state index in [4.69, 9.17) is 26.7 Å². The Labute approximate surface area is 788 Å². The lowest BCUT2D eigenvalue weighted by Gasteiger charge is -2.43. The second-order valence-corrected chi connectivity index (χ2v) is 31.6. The Morgan fingerprint density at radius 3 is 1.00 bits per heavy atom. The molecular formula is C115H82N8O10S. The van der Waals surface area contributed by atoms with Crippen LogP contribution in [-0.2, 0) is 19.3 Å². The second kappa shape index (κ2) is 62.1. The van der Waals surface area contributed by atoms with Crippen LogP contribution in [0.1, 0.15) is 189 Å². The summed E-state index contributed by atoms with van der Waals surface area (Å²) in [7, 11) is -3.66. The number of hydrogen-bond acceptors (Lipinski definition) is 16. The maximum absolute atomic E-state index is 13.3. The zero-order valence-electron chi connectivity index (χ0n) is 75.5. The first-order valence-corrected chi connectivity index (χ1v) is 43.0. The molecule has 2 saturated heterocycles. The summed E-state index contributed by atoms with van der Waals surface area (Å²) in [5.41, 5.74) is 7.37. The summed E-state index contributed by atoms with van der Waals surface area (Å²) in [5, 5.41) is 23.3. The second-order valence-electron chi connectivity index (χ2n) is 29.6. The molecule has 19 heteroatoms. The van der Waals surface area contributed by atoms with E-state index in [1.807, 2.05) is 0 Å². The van der Waals surface area contributed by atoms with Crippen molar-refractivity contribution in [1.82, 2.24) is 29.1 Å². The molecule has 18 nitrogen and oxygen atoms in total. The van der Waals surface area contributed by atoms with E-state index in [-0.39, 0.29) is 86.3 Å². The fourth-order valence-electron chi connectivity index (χ4n) is 12.4. The van der Waals surface area contributed by atoms with Crippen LogP contribution in [0.4, 0.5) is 5.95 Å². The Kier molecular flexibility index (Phi) is 49.3. The topological polar surface area (TPSA) is 261 Å².